The van der Waals surface area contributed by atoms with E-state index in [1.165, 1.54) is 17.2 Å². The van der Waals surface area contributed by atoms with Crippen molar-refractivity contribution in [1.82, 2.24) is 9.97 Å². The third-order valence-corrected chi connectivity index (χ3v) is 6.14. The summed E-state index contributed by atoms with van der Waals surface area (Å²) in [5.41, 5.74) is 3.07. The van der Waals surface area contributed by atoms with Crippen molar-refractivity contribution in [2.45, 2.75) is 19.9 Å². The molecule has 1 aliphatic rings. The van der Waals surface area contributed by atoms with Crippen LogP contribution in [0, 0.1) is 0 Å². The number of hydrogen-bond acceptors (Lipinski definition) is 6. The minimum Gasteiger partial charge on any atom is -0.503 e. The van der Waals surface area contributed by atoms with E-state index in [0.29, 0.717) is 11.1 Å². The Morgan fingerprint density at radius 1 is 1.09 bits per heavy atom. The lowest BCUT2D eigenvalue weighted by molar-refractivity contribution is -0.117. The van der Waals surface area contributed by atoms with Gasteiger partial charge in [-0.25, -0.2) is 4.98 Å². The van der Waals surface area contributed by atoms with Crippen molar-refractivity contribution in [3.8, 4) is 0 Å². The van der Waals surface area contributed by atoms with Gasteiger partial charge in [0.15, 0.2) is 11.5 Å². The first-order valence-corrected chi connectivity index (χ1v) is 11.2. The van der Waals surface area contributed by atoms with E-state index in [1.807, 2.05) is 48.5 Å². The Bertz CT molecular complexity index is 1350. The number of aromatic nitrogens is 2. The first kappa shape index (κ1) is 21.5. The van der Waals surface area contributed by atoms with Gasteiger partial charge in [-0.15, -0.1) is 0 Å². The summed E-state index contributed by atoms with van der Waals surface area (Å²) >= 11 is 0. The minimum atomic E-state index is -0.878. The number of nitrogens with one attached hydrogen (secondary N) is 1. The number of nitrogens with zero attached hydrogens (tertiary/aromatic N) is 3. The van der Waals surface area contributed by atoms with Crippen molar-refractivity contribution in [2.24, 2.45) is 0 Å². The molecule has 5 rings (SSSR count). The van der Waals surface area contributed by atoms with Crippen LogP contribution < -0.4 is 9.80 Å². The number of para-hydroxylation sites is 2. The van der Waals surface area contributed by atoms with Crippen LogP contribution in [0.5, 0.6) is 0 Å². The first-order chi connectivity index (χ1) is 16.5. The maximum Gasteiger partial charge on any atom is 0.296 e. The van der Waals surface area contributed by atoms with E-state index in [-0.39, 0.29) is 17.3 Å². The summed E-state index contributed by atoms with van der Waals surface area (Å²) in [6, 6.07) is 17.3. The number of aromatic amines is 1. The molecule has 0 radical (unpaired) electrons. The summed E-state index contributed by atoms with van der Waals surface area (Å²) in [5.74, 6) is -1.57. The van der Waals surface area contributed by atoms with Crippen molar-refractivity contribution in [2.75, 3.05) is 22.9 Å². The van der Waals surface area contributed by atoms with Gasteiger partial charge in [-0.05, 0) is 55.8 Å². The summed E-state index contributed by atoms with van der Waals surface area (Å²) < 4.78 is 5.29. The second kappa shape index (κ2) is 8.55. The zero-order valence-corrected chi connectivity index (χ0v) is 18.9. The fourth-order valence-corrected chi connectivity index (χ4v) is 4.42. The molecule has 3 heterocycles. The van der Waals surface area contributed by atoms with Gasteiger partial charge in [0.1, 0.15) is 0 Å². The Morgan fingerprint density at radius 2 is 1.82 bits per heavy atom. The largest absolute Gasteiger partial charge is 0.503 e. The number of H-pyrrole nitrogens is 1. The predicted octanol–water partition coefficient (Wildman–Crippen LogP) is 4.79. The van der Waals surface area contributed by atoms with Crippen LogP contribution in [0.25, 0.3) is 11.0 Å². The molecule has 0 bridgehead atoms. The molecule has 0 fully saturated rings. The monoisotopic (exact) mass is 456 g/mol. The number of rotatable bonds is 7. The lowest BCUT2D eigenvalue weighted by atomic mass is 9.95. The molecule has 1 atom stereocenters. The highest BCUT2D eigenvalue weighted by molar-refractivity contribution is 6.20. The van der Waals surface area contributed by atoms with Crippen LogP contribution in [0.4, 0.5) is 11.6 Å². The molecular formula is C26H24N4O4. The molecule has 0 saturated carbocycles. The molecule has 34 heavy (non-hydrogen) atoms. The summed E-state index contributed by atoms with van der Waals surface area (Å²) in [4.78, 5) is 37.8. The molecule has 1 amide bonds. The molecule has 0 saturated heterocycles. The molecule has 2 aromatic carbocycles. The molecule has 0 spiro atoms. The summed E-state index contributed by atoms with van der Waals surface area (Å²) in [7, 11) is 0. The van der Waals surface area contributed by atoms with Gasteiger partial charge in [-0.3, -0.25) is 14.5 Å². The number of ketones is 1. The quantitative estimate of drug-likeness (QED) is 0.388. The zero-order valence-electron chi connectivity index (χ0n) is 18.9. The van der Waals surface area contributed by atoms with Crippen LogP contribution in [-0.2, 0) is 4.79 Å². The number of aliphatic hydroxyl groups is 1. The maximum atomic E-state index is 13.3. The number of imidazole rings is 1. The molecular weight excluding hydrogens is 432 g/mol. The number of hydrogen-bond donors (Lipinski definition) is 2. The number of benzene rings is 2. The van der Waals surface area contributed by atoms with Crippen molar-refractivity contribution >= 4 is 34.4 Å². The molecule has 8 nitrogen and oxygen atoms in total. The zero-order chi connectivity index (χ0) is 23.8. The van der Waals surface area contributed by atoms with Crippen LogP contribution in [0.15, 0.2) is 82.7 Å². The van der Waals surface area contributed by atoms with Crippen LogP contribution in [0.1, 0.15) is 36.0 Å². The number of carbonyl (C=O) groups excluding carboxylic acids is 2. The van der Waals surface area contributed by atoms with Crippen molar-refractivity contribution in [3.05, 3.63) is 89.6 Å². The Labute approximate surface area is 196 Å². The Morgan fingerprint density at radius 3 is 2.47 bits per heavy atom. The Balaban J connectivity index is 1.64. The van der Waals surface area contributed by atoms with E-state index < -0.39 is 23.5 Å². The second-order valence-corrected chi connectivity index (χ2v) is 7.99. The third kappa shape index (κ3) is 3.44. The predicted molar refractivity (Wildman–Crippen MR) is 129 cm³/mol. The van der Waals surface area contributed by atoms with Crippen molar-refractivity contribution in [3.63, 3.8) is 0 Å². The molecule has 8 heteroatoms. The molecule has 1 unspecified atom stereocenters. The van der Waals surface area contributed by atoms with Gasteiger partial charge >= 0.3 is 0 Å². The SMILES string of the molecule is CCN(CC)c1ccc(C2C(C(=O)c3ccco3)=C(O)C(=O)N2c2nc3ccccc3[nH]2)cc1. The maximum absolute atomic E-state index is 13.3. The van der Waals surface area contributed by atoms with E-state index in [2.05, 4.69) is 28.7 Å². The molecule has 2 aromatic heterocycles. The molecule has 0 aliphatic carbocycles. The first-order valence-electron chi connectivity index (χ1n) is 11.2. The lowest BCUT2D eigenvalue weighted by Crippen LogP contribution is -2.32. The number of Topliss-reactive ketones (excluding diaryl/α,β-unsaturated/α-hetero) is 1. The van der Waals surface area contributed by atoms with Crippen molar-refractivity contribution < 1.29 is 19.1 Å². The number of aliphatic hydroxyl groups excluding tert-OH is 1. The standard InChI is InChI=1S/C26H24N4O4/c1-3-29(4-2)17-13-11-16(12-14-17)22-21(23(31)20-10-7-15-34-20)24(32)25(33)30(22)26-27-18-8-5-6-9-19(18)28-26/h5-15,22,32H,3-4H2,1-2H3,(H,27,28). The van der Waals surface area contributed by atoms with E-state index in [4.69, 9.17) is 4.42 Å². The van der Waals surface area contributed by atoms with Gasteiger partial charge in [-0.2, -0.15) is 0 Å². The van der Waals surface area contributed by atoms with Crippen molar-refractivity contribution in [1.29, 1.82) is 0 Å². The minimum absolute atomic E-state index is 0.0454. The molecule has 2 N–H and O–H groups in total. The average Bonchev–Trinajstić information content (AvgIpc) is 3.59. The number of amides is 1. The number of furan rings is 1. The van der Waals surface area contributed by atoms with Crippen LogP contribution in [0.2, 0.25) is 0 Å². The second-order valence-electron chi connectivity index (χ2n) is 7.99. The summed E-state index contributed by atoms with van der Waals surface area (Å²) in [6.07, 6.45) is 1.38. The Hall–Kier alpha value is -4.33. The van der Waals surface area contributed by atoms with E-state index in [0.717, 1.165) is 24.3 Å². The fraction of sp³-hybridized carbons (Fsp3) is 0.192. The Kier molecular flexibility index (Phi) is 5.41. The van der Waals surface area contributed by atoms with E-state index >= 15 is 0 Å². The smallest absolute Gasteiger partial charge is 0.296 e. The highest BCUT2D eigenvalue weighted by Gasteiger charge is 2.46. The molecule has 172 valence electrons. The number of anilines is 2. The average molecular weight is 457 g/mol. The topological polar surface area (TPSA) is 103 Å². The highest BCUT2D eigenvalue weighted by Crippen LogP contribution is 2.41. The van der Waals surface area contributed by atoms with Gasteiger partial charge in [0.2, 0.25) is 11.7 Å². The molecule has 4 aromatic rings. The van der Waals surface area contributed by atoms with Gasteiger partial charge in [0.25, 0.3) is 5.91 Å². The highest BCUT2D eigenvalue weighted by atomic mass is 16.3. The normalized spacial score (nSPS) is 16.0. The van der Waals surface area contributed by atoms with Crippen LogP contribution >= 0.6 is 0 Å². The van der Waals surface area contributed by atoms with E-state index in [1.54, 1.807) is 6.07 Å². The van der Waals surface area contributed by atoms with E-state index in [9.17, 15) is 14.7 Å². The van der Waals surface area contributed by atoms with Crippen LogP contribution in [-0.4, -0.2) is 39.9 Å². The van der Waals surface area contributed by atoms with Gasteiger partial charge in [0.05, 0.1) is 28.9 Å². The number of carbonyl (C=O) groups is 2. The van der Waals surface area contributed by atoms with Crippen LogP contribution in [0.3, 0.4) is 0 Å². The third-order valence-electron chi connectivity index (χ3n) is 6.14. The summed E-state index contributed by atoms with van der Waals surface area (Å²) in [6.45, 7) is 5.87. The summed E-state index contributed by atoms with van der Waals surface area (Å²) in [5, 5.41) is 10.9. The number of fused-ring (bicyclic) bond motifs is 1. The van der Waals surface area contributed by atoms with Gasteiger partial charge in [-0.1, -0.05) is 24.3 Å². The molecule has 1 aliphatic heterocycles. The lowest BCUT2D eigenvalue weighted by Gasteiger charge is -2.26. The fourth-order valence-electron chi connectivity index (χ4n) is 4.42. The van der Waals surface area contributed by atoms with Gasteiger partial charge in [0, 0.05) is 18.8 Å². The van der Waals surface area contributed by atoms with Gasteiger partial charge < -0.3 is 19.4 Å².